The highest BCUT2D eigenvalue weighted by Crippen LogP contribution is 2.17. The highest BCUT2D eigenvalue weighted by Gasteiger charge is 2.36. The van der Waals surface area contributed by atoms with E-state index in [1.165, 1.54) is 4.90 Å². The van der Waals surface area contributed by atoms with Crippen LogP contribution in [0.2, 0.25) is 0 Å². The summed E-state index contributed by atoms with van der Waals surface area (Å²) in [6, 6.07) is -1.04. The Balaban J connectivity index is 2.60. The molecule has 0 radical (unpaired) electrons. The Morgan fingerprint density at radius 1 is 0.792 bits per heavy atom. The van der Waals surface area contributed by atoms with Crippen molar-refractivity contribution in [3.8, 4) is 0 Å². The number of nitrogens with zero attached hydrogens (tertiary/aromatic N) is 4. The maximum Gasteiger partial charge on any atom is 0.475 e. The van der Waals surface area contributed by atoms with Crippen LogP contribution in [0.25, 0.3) is 0 Å². The van der Waals surface area contributed by atoms with E-state index in [4.69, 9.17) is 10.2 Å². The van der Waals surface area contributed by atoms with Crippen molar-refractivity contribution in [1.29, 1.82) is 0 Å². The number of amides is 4. The third-order valence-electron chi connectivity index (χ3n) is 8.17. The van der Waals surface area contributed by atoms with Crippen molar-refractivity contribution >= 4 is 48.7 Å². The summed E-state index contributed by atoms with van der Waals surface area (Å²) < 4.78 is 0. The zero-order chi connectivity index (χ0) is 39.9. The van der Waals surface area contributed by atoms with E-state index >= 15 is 0 Å². The largest absolute Gasteiger partial charge is 0.480 e. The summed E-state index contributed by atoms with van der Waals surface area (Å²) in [5.41, 5.74) is 0.757. The number of rotatable bonds is 28. The van der Waals surface area contributed by atoms with Crippen LogP contribution in [0.3, 0.4) is 0 Å². The van der Waals surface area contributed by atoms with E-state index in [9.17, 15) is 48.7 Å². The number of carbonyl (C=O) groups is 7. The normalized spacial score (nSPS) is 14.6. The Morgan fingerprint density at radius 2 is 1.43 bits per heavy atom. The van der Waals surface area contributed by atoms with E-state index in [-0.39, 0.29) is 77.8 Å². The summed E-state index contributed by atoms with van der Waals surface area (Å²) >= 11 is 0. The van der Waals surface area contributed by atoms with Crippen LogP contribution in [-0.4, -0.2) is 198 Å². The van der Waals surface area contributed by atoms with Crippen LogP contribution in [0, 0.1) is 0 Å². The first kappa shape index (κ1) is 46.9. The molecule has 1 fully saturated rings. The Labute approximate surface area is 310 Å². The number of likely N-dealkylation sites (N-methyl/N-ethyl adjacent to an activating group) is 1. The monoisotopic (exact) mass is 756 g/mol. The second-order valence-electron chi connectivity index (χ2n) is 13.2. The maximum atomic E-state index is 12.9. The van der Waals surface area contributed by atoms with Crippen LogP contribution >= 0.6 is 0 Å². The second kappa shape index (κ2) is 25.8. The second-order valence-corrected chi connectivity index (χ2v) is 13.2. The molecule has 9 N–H and O–H groups in total. The molecule has 1 unspecified atom stereocenters. The van der Waals surface area contributed by atoms with Crippen molar-refractivity contribution in [1.82, 2.24) is 40.9 Å². The topological polar surface area (TPSA) is 282 Å². The SMILES string of the molecule is CC(C)=CC(NC(=O)CCCCNC(=O)CN(CCNCC(=O)O)CCN(CCN(C)CC(=O)O)CC(=O)O)C(=O)NCC(=O)N1CCC[C@H]1B(O)O. The van der Waals surface area contributed by atoms with Crippen LogP contribution in [0.15, 0.2) is 11.6 Å². The van der Waals surface area contributed by atoms with Crippen molar-refractivity contribution in [3.63, 3.8) is 0 Å². The molecule has 0 bridgehead atoms. The quantitative estimate of drug-likeness (QED) is 0.0210. The van der Waals surface area contributed by atoms with Crippen molar-refractivity contribution in [2.24, 2.45) is 0 Å². The molecule has 0 saturated carbocycles. The van der Waals surface area contributed by atoms with Gasteiger partial charge in [-0.15, -0.1) is 0 Å². The van der Waals surface area contributed by atoms with E-state index in [1.807, 2.05) is 0 Å². The number of nitrogens with one attached hydrogen (secondary N) is 4. The lowest BCUT2D eigenvalue weighted by atomic mass is 9.78. The van der Waals surface area contributed by atoms with Crippen molar-refractivity contribution in [2.45, 2.75) is 57.9 Å². The standard InChI is InChI=1S/C32H57BN8O12/c1-23(2)17-24(32(51)36-18-28(44)41-11-6-7-25(41)33(52)53)37-26(42)8-4-5-9-35-27(43)20-39(12-10-34-19-29(45)46)15-16-40(22-31(49)50)14-13-38(3)21-30(47)48/h17,24-25,34,52-53H,4-16,18-22H2,1-3H3,(H,35,43)(H,36,51)(H,37,42)(H,45,46)(H,47,48)(H,49,50)/t24?,25-/m0/s1. The van der Waals surface area contributed by atoms with Gasteiger partial charge in [-0.05, 0) is 46.6 Å². The van der Waals surface area contributed by atoms with Crippen LogP contribution < -0.4 is 21.3 Å². The zero-order valence-electron chi connectivity index (χ0n) is 30.9. The smallest absolute Gasteiger partial charge is 0.475 e. The minimum atomic E-state index is -1.68. The van der Waals surface area contributed by atoms with Crippen LogP contribution in [0.4, 0.5) is 0 Å². The Kier molecular flexibility index (Phi) is 22.8. The van der Waals surface area contributed by atoms with Gasteiger partial charge in [0.05, 0.1) is 38.7 Å². The number of likely N-dealkylation sites (tertiary alicyclic amines) is 1. The molecular weight excluding hydrogens is 699 g/mol. The van der Waals surface area contributed by atoms with Gasteiger partial charge < -0.3 is 51.5 Å². The van der Waals surface area contributed by atoms with Gasteiger partial charge in [0.25, 0.3) is 0 Å². The minimum Gasteiger partial charge on any atom is -0.480 e. The molecule has 300 valence electrons. The molecule has 53 heavy (non-hydrogen) atoms. The number of hydrogen-bond acceptors (Lipinski definition) is 13. The fraction of sp³-hybridized carbons (Fsp3) is 0.719. The third-order valence-corrected chi connectivity index (χ3v) is 8.17. The van der Waals surface area contributed by atoms with Gasteiger partial charge in [-0.3, -0.25) is 48.3 Å². The molecule has 1 saturated heterocycles. The summed E-state index contributed by atoms with van der Waals surface area (Å²) in [7, 11) is -0.0704. The molecule has 0 spiro atoms. The molecule has 0 aromatic carbocycles. The van der Waals surface area contributed by atoms with E-state index in [2.05, 4.69) is 21.3 Å². The van der Waals surface area contributed by atoms with Gasteiger partial charge in [0, 0.05) is 58.8 Å². The summed E-state index contributed by atoms with van der Waals surface area (Å²) in [4.78, 5) is 90.4. The number of carboxylic acid groups (broad SMARTS) is 3. The lowest BCUT2D eigenvalue weighted by molar-refractivity contribution is -0.140. The van der Waals surface area contributed by atoms with Crippen molar-refractivity contribution in [2.75, 3.05) is 92.1 Å². The number of hydrogen-bond donors (Lipinski definition) is 9. The zero-order valence-corrected chi connectivity index (χ0v) is 30.9. The fourth-order valence-corrected chi connectivity index (χ4v) is 5.51. The molecule has 1 aliphatic rings. The van der Waals surface area contributed by atoms with Gasteiger partial charge in [-0.1, -0.05) is 11.6 Å². The van der Waals surface area contributed by atoms with Gasteiger partial charge in [0.15, 0.2) is 0 Å². The molecular formula is C32H57BN8O12. The van der Waals surface area contributed by atoms with Crippen molar-refractivity contribution in [3.05, 3.63) is 11.6 Å². The number of carboxylic acids is 3. The van der Waals surface area contributed by atoms with E-state index in [0.29, 0.717) is 45.3 Å². The molecule has 20 nitrogen and oxygen atoms in total. The average Bonchev–Trinajstić information content (AvgIpc) is 3.56. The molecule has 1 aliphatic heterocycles. The lowest BCUT2D eigenvalue weighted by Crippen LogP contribution is -2.51. The van der Waals surface area contributed by atoms with Gasteiger partial charge >= 0.3 is 25.0 Å². The number of allylic oxidation sites excluding steroid dienone is 1. The van der Waals surface area contributed by atoms with Crippen LogP contribution in [0.5, 0.6) is 0 Å². The first-order valence-electron chi connectivity index (χ1n) is 17.6. The van der Waals surface area contributed by atoms with Crippen LogP contribution in [-0.2, 0) is 33.6 Å². The molecule has 1 rings (SSSR count). The van der Waals surface area contributed by atoms with E-state index in [0.717, 1.165) is 5.57 Å². The Hall–Kier alpha value is -4.15. The molecule has 21 heteroatoms. The predicted molar refractivity (Wildman–Crippen MR) is 192 cm³/mol. The molecule has 0 aromatic heterocycles. The maximum absolute atomic E-state index is 12.9. The highest BCUT2D eigenvalue weighted by molar-refractivity contribution is 6.43. The Morgan fingerprint density at radius 3 is 2.04 bits per heavy atom. The molecule has 2 atom stereocenters. The van der Waals surface area contributed by atoms with Crippen molar-refractivity contribution < 1.29 is 58.9 Å². The highest BCUT2D eigenvalue weighted by atomic mass is 16.4. The Bertz CT molecular complexity index is 1250. The molecule has 4 amide bonds. The number of aliphatic carboxylic acids is 3. The summed E-state index contributed by atoms with van der Waals surface area (Å²) in [6.07, 6.45) is 3.49. The fourth-order valence-electron chi connectivity index (χ4n) is 5.51. The number of carbonyl (C=O) groups excluding carboxylic acids is 4. The van der Waals surface area contributed by atoms with Gasteiger partial charge in [-0.2, -0.15) is 0 Å². The molecule has 0 aliphatic carbocycles. The van der Waals surface area contributed by atoms with Crippen LogP contribution in [0.1, 0.15) is 46.0 Å². The summed E-state index contributed by atoms with van der Waals surface area (Å²) in [5.74, 6) is -5.65. The predicted octanol–water partition coefficient (Wildman–Crippen LogP) is -3.78. The van der Waals surface area contributed by atoms with E-state index in [1.54, 1.807) is 41.7 Å². The summed E-state index contributed by atoms with van der Waals surface area (Å²) in [6.45, 7) is 4.56. The average molecular weight is 757 g/mol. The first-order valence-corrected chi connectivity index (χ1v) is 17.6. The summed E-state index contributed by atoms with van der Waals surface area (Å²) in [5, 5.41) is 56.9. The van der Waals surface area contributed by atoms with Gasteiger partial charge in [-0.25, -0.2) is 0 Å². The number of unbranched alkanes of at least 4 members (excludes halogenated alkanes) is 1. The third kappa shape index (κ3) is 21.9. The van der Waals surface area contributed by atoms with E-state index < -0.39 is 54.7 Å². The van der Waals surface area contributed by atoms with Gasteiger partial charge in [0.2, 0.25) is 23.6 Å². The minimum absolute atomic E-state index is 0.0570. The lowest BCUT2D eigenvalue weighted by Gasteiger charge is -2.27. The molecule has 0 aromatic rings. The van der Waals surface area contributed by atoms with Gasteiger partial charge in [0.1, 0.15) is 6.04 Å². The first-order chi connectivity index (χ1) is 25.0. The molecule has 1 heterocycles.